The van der Waals surface area contributed by atoms with Gasteiger partial charge in [-0.05, 0) is 49.6 Å². The van der Waals surface area contributed by atoms with E-state index in [2.05, 4.69) is 39.7 Å². The summed E-state index contributed by atoms with van der Waals surface area (Å²) in [5.41, 5.74) is 5.32. The maximum atomic E-state index is 13.1. The Morgan fingerprint density at radius 1 is 1.11 bits per heavy atom. The fourth-order valence-electron chi connectivity index (χ4n) is 3.95. The molecule has 2 aromatic carbocycles. The van der Waals surface area contributed by atoms with Crippen molar-refractivity contribution in [1.29, 1.82) is 0 Å². The van der Waals surface area contributed by atoms with Gasteiger partial charge in [-0.15, -0.1) is 10.2 Å². The largest absolute Gasteiger partial charge is 0.311 e. The first kappa shape index (κ1) is 17.3. The second-order valence-electron chi connectivity index (χ2n) is 7.15. The number of amides is 1. The van der Waals surface area contributed by atoms with Crippen molar-refractivity contribution in [2.75, 3.05) is 11.4 Å². The number of benzene rings is 2. The summed E-state index contributed by atoms with van der Waals surface area (Å²) >= 11 is 1.47. The van der Waals surface area contributed by atoms with Gasteiger partial charge in [0.2, 0.25) is 5.91 Å². The highest BCUT2D eigenvalue weighted by molar-refractivity contribution is 8.00. The van der Waals surface area contributed by atoms with E-state index in [1.54, 1.807) is 0 Å². The normalized spacial score (nSPS) is 14.6. The van der Waals surface area contributed by atoms with Gasteiger partial charge in [0.1, 0.15) is 0 Å². The standard InChI is InChI=1S/C22H20N4OS/c1-14-13-20-23-24-22(26(20)19-10-6-4-8-17(14)19)28-15(2)21(27)25-12-11-16-7-3-5-9-18(16)25/h3-10,13,15H,11-12H2,1-2H3. The highest BCUT2D eigenvalue weighted by atomic mass is 32.2. The number of rotatable bonds is 3. The van der Waals surface area contributed by atoms with Gasteiger partial charge < -0.3 is 4.90 Å². The summed E-state index contributed by atoms with van der Waals surface area (Å²) in [6, 6.07) is 18.4. The summed E-state index contributed by atoms with van der Waals surface area (Å²) in [5.74, 6) is 0.114. The molecule has 140 valence electrons. The fourth-order valence-corrected chi connectivity index (χ4v) is 4.88. The molecule has 0 aliphatic carbocycles. The van der Waals surface area contributed by atoms with Crippen LogP contribution < -0.4 is 4.90 Å². The van der Waals surface area contributed by atoms with E-state index in [1.807, 2.05) is 48.2 Å². The SMILES string of the molecule is Cc1cc2nnc(SC(C)C(=O)N3CCc4ccccc43)n2c2ccccc12. The van der Waals surface area contributed by atoms with Crippen LogP contribution in [0.25, 0.3) is 16.6 Å². The van der Waals surface area contributed by atoms with Crippen LogP contribution in [0, 0.1) is 6.92 Å². The number of para-hydroxylation sites is 2. The van der Waals surface area contributed by atoms with Gasteiger partial charge >= 0.3 is 0 Å². The lowest BCUT2D eigenvalue weighted by Gasteiger charge is -2.21. The molecule has 1 atom stereocenters. The van der Waals surface area contributed by atoms with E-state index in [-0.39, 0.29) is 11.2 Å². The Hall–Kier alpha value is -2.86. The Bertz CT molecular complexity index is 1220. The average molecular weight is 388 g/mol. The molecule has 0 bridgehead atoms. The van der Waals surface area contributed by atoms with E-state index in [0.717, 1.165) is 35.0 Å². The predicted octanol–water partition coefficient (Wildman–Crippen LogP) is 4.26. The molecule has 5 nitrogen and oxygen atoms in total. The molecule has 0 spiro atoms. The van der Waals surface area contributed by atoms with Crippen molar-refractivity contribution < 1.29 is 4.79 Å². The minimum Gasteiger partial charge on any atom is -0.311 e. The first-order valence-corrected chi connectivity index (χ1v) is 10.3. The number of fused-ring (bicyclic) bond motifs is 4. The van der Waals surface area contributed by atoms with Crippen LogP contribution >= 0.6 is 11.8 Å². The first-order valence-electron chi connectivity index (χ1n) is 9.43. The molecule has 1 amide bonds. The van der Waals surface area contributed by atoms with Gasteiger partial charge in [-0.25, -0.2) is 0 Å². The zero-order valence-electron chi connectivity index (χ0n) is 15.8. The molecule has 0 fully saturated rings. The quantitative estimate of drug-likeness (QED) is 0.492. The lowest BCUT2D eigenvalue weighted by Crippen LogP contribution is -2.35. The molecule has 1 unspecified atom stereocenters. The van der Waals surface area contributed by atoms with Crippen LogP contribution in [-0.2, 0) is 11.2 Å². The topological polar surface area (TPSA) is 50.5 Å². The molecule has 0 N–H and O–H groups in total. The number of anilines is 1. The number of thioether (sulfide) groups is 1. The predicted molar refractivity (Wildman–Crippen MR) is 113 cm³/mol. The van der Waals surface area contributed by atoms with E-state index < -0.39 is 0 Å². The van der Waals surface area contributed by atoms with Crippen molar-refractivity contribution in [3.63, 3.8) is 0 Å². The monoisotopic (exact) mass is 388 g/mol. The lowest BCUT2D eigenvalue weighted by molar-refractivity contribution is -0.117. The highest BCUT2D eigenvalue weighted by Gasteiger charge is 2.29. The van der Waals surface area contributed by atoms with Gasteiger partial charge in [0.05, 0.1) is 10.8 Å². The molecular weight excluding hydrogens is 368 g/mol. The van der Waals surface area contributed by atoms with E-state index in [0.29, 0.717) is 0 Å². The highest BCUT2D eigenvalue weighted by Crippen LogP contribution is 2.32. The maximum Gasteiger partial charge on any atom is 0.240 e. The van der Waals surface area contributed by atoms with Crippen molar-refractivity contribution in [1.82, 2.24) is 14.6 Å². The van der Waals surface area contributed by atoms with Gasteiger partial charge in [-0.1, -0.05) is 48.2 Å². The van der Waals surface area contributed by atoms with Crippen LogP contribution in [0.4, 0.5) is 5.69 Å². The molecule has 2 aromatic heterocycles. The summed E-state index contributed by atoms with van der Waals surface area (Å²) in [6.45, 7) is 4.78. The van der Waals surface area contributed by atoms with Crippen molar-refractivity contribution in [3.05, 3.63) is 65.7 Å². The van der Waals surface area contributed by atoms with Crippen LogP contribution in [0.5, 0.6) is 0 Å². The molecule has 6 heteroatoms. The van der Waals surface area contributed by atoms with Gasteiger partial charge in [0, 0.05) is 17.6 Å². The Morgan fingerprint density at radius 3 is 2.79 bits per heavy atom. The molecule has 4 aromatic rings. The second-order valence-corrected chi connectivity index (χ2v) is 8.46. The van der Waals surface area contributed by atoms with Crippen LogP contribution in [0.1, 0.15) is 18.1 Å². The third-order valence-electron chi connectivity index (χ3n) is 5.36. The zero-order valence-corrected chi connectivity index (χ0v) is 16.6. The van der Waals surface area contributed by atoms with Crippen LogP contribution in [0.2, 0.25) is 0 Å². The fraction of sp³-hybridized carbons (Fsp3) is 0.227. The minimum absolute atomic E-state index is 0.114. The smallest absolute Gasteiger partial charge is 0.240 e. The van der Waals surface area contributed by atoms with Gasteiger partial charge in [0.25, 0.3) is 0 Å². The number of nitrogens with zero attached hydrogens (tertiary/aromatic N) is 4. The zero-order chi connectivity index (χ0) is 19.3. The van der Waals surface area contributed by atoms with Gasteiger partial charge in [-0.3, -0.25) is 9.20 Å². The maximum absolute atomic E-state index is 13.1. The van der Waals surface area contributed by atoms with Crippen molar-refractivity contribution >= 4 is 39.9 Å². The Balaban J connectivity index is 1.49. The first-order chi connectivity index (χ1) is 13.6. The number of carbonyl (C=O) groups excluding carboxylic acids is 1. The number of aryl methyl sites for hydroxylation is 1. The molecule has 28 heavy (non-hydrogen) atoms. The molecule has 1 aliphatic rings. The average Bonchev–Trinajstić information content (AvgIpc) is 3.32. The summed E-state index contributed by atoms with van der Waals surface area (Å²) in [4.78, 5) is 15.0. The third kappa shape index (κ3) is 2.67. The minimum atomic E-state index is -0.251. The summed E-state index contributed by atoms with van der Waals surface area (Å²) in [5, 5.41) is 10.4. The summed E-state index contributed by atoms with van der Waals surface area (Å²) in [6.07, 6.45) is 0.914. The van der Waals surface area contributed by atoms with Gasteiger partial charge in [0.15, 0.2) is 10.8 Å². The Kier molecular flexibility index (Phi) is 4.09. The van der Waals surface area contributed by atoms with E-state index in [4.69, 9.17) is 0 Å². The number of carbonyl (C=O) groups is 1. The lowest BCUT2D eigenvalue weighted by atomic mass is 10.1. The number of hydrogen-bond acceptors (Lipinski definition) is 4. The van der Waals surface area contributed by atoms with Crippen LogP contribution in [0.15, 0.2) is 59.8 Å². The molecule has 0 radical (unpaired) electrons. The van der Waals surface area contributed by atoms with Crippen LogP contribution in [-0.4, -0.2) is 32.3 Å². The molecule has 5 rings (SSSR count). The molecule has 0 saturated carbocycles. The second kappa shape index (κ2) is 6.63. The van der Waals surface area contributed by atoms with Crippen molar-refractivity contribution in [2.24, 2.45) is 0 Å². The Morgan fingerprint density at radius 2 is 1.89 bits per heavy atom. The summed E-state index contributed by atoms with van der Waals surface area (Å²) in [7, 11) is 0. The molecular formula is C22H20N4OS. The van der Waals surface area contributed by atoms with Crippen molar-refractivity contribution in [3.8, 4) is 0 Å². The number of hydrogen-bond donors (Lipinski definition) is 0. The molecule has 3 heterocycles. The molecule has 1 aliphatic heterocycles. The van der Waals surface area contributed by atoms with E-state index in [9.17, 15) is 4.79 Å². The van der Waals surface area contributed by atoms with E-state index in [1.165, 1.54) is 28.3 Å². The third-order valence-corrected chi connectivity index (χ3v) is 6.39. The molecule has 0 saturated heterocycles. The summed E-state index contributed by atoms with van der Waals surface area (Å²) < 4.78 is 2.05. The number of pyridine rings is 1. The van der Waals surface area contributed by atoms with E-state index >= 15 is 0 Å². The Labute approximate surface area is 167 Å². The van der Waals surface area contributed by atoms with Crippen LogP contribution in [0.3, 0.4) is 0 Å². The van der Waals surface area contributed by atoms with Crippen molar-refractivity contribution in [2.45, 2.75) is 30.7 Å². The van der Waals surface area contributed by atoms with Gasteiger partial charge in [-0.2, -0.15) is 0 Å². The number of aromatic nitrogens is 3.